The molecule has 0 saturated heterocycles. The first kappa shape index (κ1) is 15.7. The van der Waals surface area contributed by atoms with Gasteiger partial charge in [-0.05, 0) is 5.92 Å². The Morgan fingerprint density at radius 2 is 1.25 bits per heavy atom. The lowest BCUT2D eigenvalue weighted by Crippen LogP contribution is -2.25. The first-order chi connectivity index (χ1) is 7.01. The van der Waals surface area contributed by atoms with Crippen molar-refractivity contribution in [2.45, 2.75) is 13.8 Å². The Kier molecular flexibility index (Phi) is 5.79. The van der Waals surface area contributed by atoms with Gasteiger partial charge < -0.3 is 9.11 Å². The van der Waals surface area contributed by atoms with Crippen LogP contribution in [-0.2, 0) is 29.2 Å². The third-order valence-electron chi connectivity index (χ3n) is 1.80. The Morgan fingerprint density at radius 3 is 1.44 bits per heavy atom. The molecule has 0 bridgehead atoms. The highest BCUT2D eigenvalue weighted by molar-refractivity contribution is 7.81. The van der Waals surface area contributed by atoms with Crippen LogP contribution in [0, 0.1) is 11.8 Å². The van der Waals surface area contributed by atoms with E-state index in [4.69, 9.17) is 0 Å². The summed E-state index contributed by atoms with van der Waals surface area (Å²) in [5, 5.41) is 0. The molecule has 0 aromatic rings. The van der Waals surface area contributed by atoms with Crippen molar-refractivity contribution in [1.29, 1.82) is 0 Å². The molecule has 0 heterocycles. The summed E-state index contributed by atoms with van der Waals surface area (Å²) in [5.41, 5.74) is 0. The Bertz CT molecular complexity index is 358. The van der Waals surface area contributed by atoms with E-state index in [1.807, 2.05) is 0 Å². The fourth-order valence-electron chi connectivity index (χ4n) is 0.774. The predicted octanol–water partition coefficient (Wildman–Crippen LogP) is -0.788. The molecule has 0 amide bonds. The van der Waals surface area contributed by atoms with E-state index in [0.717, 1.165) is 0 Å². The van der Waals surface area contributed by atoms with E-state index in [1.54, 1.807) is 13.8 Å². The molecule has 0 atom stereocenters. The second kappa shape index (κ2) is 5.89. The lowest BCUT2D eigenvalue weighted by atomic mass is 9.98. The van der Waals surface area contributed by atoms with E-state index >= 15 is 0 Å². The Labute approximate surface area is 94.5 Å². The normalized spacial score (nSPS) is 13.6. The van der Waals surface area contributed by atoms with Gasteiger partial charge in [0.2, 0.25) is 20.8 Å². The van der Waals surface area contributed by atoms with Crippen LogP contribution in [0.1, 0.15) is 13.8 Å². The summed E-state index contributed by atoms with van der Waals surface area (Å²) >= 11 is 0. The van der Waals surface area contributed by atoms with Crippen molar-refractivity contribution in [3.8, 4) is 0 Å². The van der Waals surface area contributed by atoms with Crippen molar-refractivity contribution in [3.63, 3.8) is 0 Å². The monoisotopic (exact) mass is 276 g/mol. The first-order valence-electron chi connectivity index (χ1n) is 4.22. The van der Waals surface area contributed by atoms with Gasteiger partial charge in [-0.3, -0.25) is 8.37 Å². The van der Waals surface area contributed by atoms with E-state index in [2.05, 4.69) is 8.37 Å². The van der Waals surface area contributed by atoms with E-state index in [1.165, 1.54) is 0 Å². The molecule has 0 aliphatic rings. The maximum atomic E-state index is 10.2. The van der Waals surface area contributed by atoms with E-state index in [9.17, 15) is 25.9 Å². The van der Waals surface area contributed by atoms with Crippen LogP contribution in [0.5, 0.6) is 0 Å². The average Bonchev–Trinajstić information content (AvgIpc) is 1.98. The van der Waals surface area contributed by atoms with Crippen molar-refractivity contribution < 1.29 is 34.3 Å². The van der Waals surface area contributed by atoms with Crippen LogP contribution in [-0.4, -0.2) is 39.2 Å². The fourth-order valence-corrected chi connectivity index (χ4v) is 1.46. The summed E-state index contributed by atoms with van der Waals surface area (Å²) in [6.07, 6.45) is 0. The molecule has 0 saturated carbocycles. The van der Waals surface area contributed by atoms with Gasteiger partial charge in [-0.25, -0.2) is 16.8 Å². The zero-order valence-corrected chi connectivity index (χ0v) is 10.3. The summed E-state index contributed by atoms with van der Waals surface area (Å²) in [5.74, 6) is -0.907. The molecule has 98 valence electrons. The van der Waals surface area contributed by atoms with Crippen LogP contribution in [0.3, 0.4) is 0 Å². The molecule has 10 heteroatoms. The summed E-state index contributed by atoms with van der Waals surface area (Å²) in [6, 6.07) is 0. The minimum absolute atomic E-state index is 0.219. The van der Waals surface area contributed by atoms with Crippen LogP contribution in [0.25, 0.3) is 0 Å². The SMILES string of the molecule is CC(C)C(COS(=O)(=O)[O-])COS(=O)(=O)[O-]. The second-order valence-electron chi connectivity index (χ2n) is 3.39. The molecular weight excluding hydrogens is 264 g/mol. The number of hydrogen-bond acceptors (Lipinski definition) is 8. The lowest BCUT2D eigenvalue weighted by Gasteiger charge is -2.21. The van der Waals surface area contributed by atoms with Gasteiger partial charge in [0.25, 0.3) is 0 Å². The minimum atomic E-state index is -4.84. The maximum absolute atomic E-state index is 10.2. The summed E-state index contributed by atoms with van der Waals surface area (Å²) in [6.45, 7) is 2.20. The van der Waals surface area contributed by atoms with Gasteiger partial charge in [-0.2, -0.15) is 0 Å². The molecule has 0 spiro atoms. The van der Waals surface area contributed by atoms with Crippen molar-refractivity contribution in [2.75, 3.05) is 13.2 Å². The van der Waals surface area contributed by atoms with Crippen LogP contribution >= 0.6 is 0 Å². The van der Waals surface area contributed by atoms with E-state index < -0.39 is 39.9 Å². The molecule has 16 heavy (non-hydrogen) atoms. The predicted molar refractivity (Wildman–Crippen MR) is 49.6 cm³/mol. The zero-order valence-electron chi connectivity index (χ0n) is 8.65. The topological polar surface area (TPSA) is 133 Å². The van der Waals surface area contributed by atoms with Crippen molar-refractivity contribution >= 4 is 20.8 Å². The van der Waals surface area contributed by atoms with Gasteiger partial charge in [0, 0.05) is 5.92 Å². The third kappa shape index (κ3) is 9.00. The average molecular weight is 276 g/mol. The molecule has 0 aromatic carbocycles. The van der Waals surface area contributed by atoms with Crippen LogP contribution < -0.4 is 0 Å². The molecule has 0 aliphatic carbocycles. The molecule has 0 aromatic heterocycles. The Balaban J connectivity index is 4.30. The smallest absolute Gasteiger partial charge is 0.217 e. The van der Waals surface area contributed by atoms with Gasteiger partial charge in [0.05, 0.1) is 13.2 Å². The Hall–Kier alpha value is -0.260. The van der Waals surface area contributed by atoms with Crippen molar-refractivity contribution in [3.05, 3.63) is 0 Å². The maximum Gasteiger partial charge on any atom is 0.217 e. The standard InChI is InChI=1S/C6H14O8S2/c1-5(2)6(3-13-15(7,8)9)4-14-16(10,11)12/h5-6H,3-4H2,1-2H3,(H,7,8,9)(H,10,11,12)/p-2. The minimum Gasteiger partial charge on any atom is -0.726 e. The largest absolute Gasteiger partial charge is 0.726 e. The first-order valence-corrected chi connectivity index (χ1v) is 6.88. The molecule has 8 nitrogen and oxygen atoms in total. The lowest BCUT2D eigenvalue weighted by molar-refractivity contribution is 0.129. The van der Waals surface area contributed by atoms with Crippen LogP contribution in [0.4, 0.5) is 0 Å². The molecule has 0 fully saturated rings. The highest BCUT2D eigenvalue weighted by Crippen LogP contribution is 2.13. The van der Waals surface area contributed by atoms with E-state index in [-0.39, 0.29) is 5.92 Å². The number of rotatable bonds is 7. The van der Waals surface area contributed by atoms with Gasteiger partial charge in [0.1, 0.15) is 0 Å². The van der Waals surface area contributed by atoms with Crippen LogP contribution in [0.2, 0.25) is 0 Å². The molecule has 0 aliphatic heterocycles. The number of hydrogen-bond donors (Lipinski definition) is 0. The summed E-state index contributed by atoms with van der Waals surface area (Å²) < 4.78 is 68.9. The quantitative estimate of drug-likeness (QED) is 0.436. The summed E-state index contributed by atoms with van der Waals surface area (Å²) in [4.78, 5) is 0. The summed E-state index contributed by atoms with van der Waals surface area (Å²) in [7, 11) is -9.68. The van der Waals surface area contributed by atoms with Crippen molar-refractivity contribution in [1.82, 2.24) is 0 Å². The molecule has 0 rings (SSSR count). The molecule has 0 radical (unpaired) electrons. The van der Waals surface area contributed by atoms with Gasteiger partial charge >= 0.3 is 0 Å². The highest BCUT2D eigenvalue weighted by Gasteiger charge is 2.16. The highest BCUT2D eigenvalue weighted by atomic mass is 32.3. The van der Waals surface area contributed by atoms with Crippen LogP contribution in [0.15, 0.2) is 0 Å². The third-order valence-corrected chi connectivity index (χ3v) is 2.65. The Morgan fingerprint density at radius 1 is 0.938 bits per heavy atom. The molecular formula is C6H12O8S2-2. The zero-order chi connectivity index (χ0) is 13.0. The van der Waals surface area contributed by atoms with Gasteiger partial charge in [-0.15, -0.1) is 0 Å². The second-order valence-corrected chi connectivity index (χ2v) is 5.49. The fraction of sp³-hybridized carbons (Fsp3) is 1.00. The molecule has 0 N–H and O–H groups in total. The van der Waals surface area contributed by atoms with Gasteiger partial charge in [-0.1, -0.05) is 13.8 Å². The van der Waals surface area contributed by atoms with Crippen molar-refractivity contribution in [2.24, 2.45) is 11.8 Å². The molecule has 0 unspecified atom stereocenters. The van der Waals surface area contributed by atoms with Gasteiger partial charge in [0.15, 0.2) is 0 Å². The van der Waals surface area contributed by atoms with E-state index in [0.29, 0.717) is 0 Å².